The van der Waals surface area contributed by atoms with Crippen molar-refractivity contribution in [3.05, 3.63) is 29.5 Å². The average molecular weight is 246 g/mol. The highest BCUT2D eigenvalue weighted by atomic mass is 16.4. The quantitative estimate of drug-likeness (QED) is 0.801. The molecule has 0 aliphatic heterocycles. The van der Waals surface area contributed by atoms with Crippen LogP contribution in [0.4, 0.5) is 5.69 Å². The summed E-state index contributed by atoms with van der Waals surface area (Å²) >= 11 is 0. The van der Waals surface area contributed by atoms with Crippen LogP contribution in [-0.4, -0.2) is 26.1 Å². The first-order valence-electron chi connectivity index (χ1n) is 5.57. The second-order valence-corrected chi connectivity index (χ2v) is 3.98. The minimum atomic E-state index is -1.09. The molecule has 0 aliphatic rings. The van der Waals surface area contributed by atoms with Gasteiger partial charge in [0, 0.05) is 17.8 Å². The molecule has 0 radical (unpaired) electrons. The molecule has 0 saturated carbocycles. The van der Waals surface area contributed by atoms with Crippen LogP contribution in [0, 0.1) is 6.92 Å². The van der Waals surface area contributed by atoms with Crippen molar-refractivity contribution in [3.8, 4) is 11.3 Å². The molecular formula is C12H14N4O2. The van der Waals surface area contributed by atoms with E-state index < -0.39 is 5.97 Å². The van der Waals surface area contributed by atoms with Gasteiger partial charge in [-0.3, -0.25) is 0 Å². The summed E-state index contributed by atoms with van der Waals surface area (Å²) in [5.74, 6) is -1.09. The van der Waals surface area contributed by atoms with Gasteiger partial charge in [-0.05, 0) is 25.5 Å². The van der Waals surface area contributed by atoms with Crippen molar-refractivity contribution in [3.63, 3.8) is 0 Å². The van der Waals surface area contributed by atoms with Crippen molar-refractivity contribution in [1.82, 2.24) is 15.0 Å². The summed E-state index contributed by atoms with van der Waals surface area (Å²) in [5.41, 5.74) is 8.55. The second kappa shape index (κ2) is 4.48. The van der Waals surface area contributed by atoms with Crippen LogP contribution in [0.1, 0.15) is 23.0 Å². The Morgan fingerprint density at radius 1 is 1.50 bits per heavy atom. The number of carbonyl (C=O) groups is 1. The highest BCUT2D eigenvalue weighted by Gasteiger charge is 2.20. The van der Waals surface area contributed by atoms with Gasteiger partial charge < -0.3 is 10.8 Å². The lowest BCUT2D eigenvalue weighted by Gasteiger charge is -2.07. The second-order valence-electron chi connectivity index (χ2n) is 3.98. The van der Waals surface area contributed by atoms with Gasteiger partial charge in [-0.25, -0.2) is 9.48 Å². The zero-order chi connectivity index (χ0) is 13.3. The van der Waals surface area contributed by atoms with E-state index in [0.29, 0.717) is 23.5 Å². The van der Waals surface area contributed by atoms with Gasteiger partial charge in [-0.15, -0.1) is 5.10 Å². The normalized spacial score (nSPS) is 10.6. The molecule has 0 atom stereocenters. The number of carboxylic acids is 1. The maximum absolute atomic E-state index is 11.1. The number of benzene rings is 1. The summed E-state index contributed by atoms with van der Waals surface area (Å²) in [4.78, 5) is 11.1. The zero-order valence-electron chi connectivity index (χ0n) is 10.2. The van der Waals surface area contributed by atoms with E-state index in [0.717, 1.165) is 5.56 Å². The van der Waals surface area contributed by atoms with Gasteiger partial charge >= 0.3 is 5.97 Å². The molecule has 3 N–H and O–H groups in total. The van der Waals surface area contributed by atoms with Crippen LogP contribution in [0.2, 0.25) is 0 Å². The molecule has 0 saturated heterocycles. The predicted molar refractivity (Wildman–Crippen MR) is 67.2 cm³/mol. The molecule has 0 spiro atoms. The third-order valence-electron chi connectivity index (χ3n) is 2.79. The van der Waals surface area contributed by atoms with Gasteiger partial charge in [0.25, 0.3) is 0 Å². The predicted octanol–water partition coefficient (Wildman–Crippen LogP) is 1.55. The number of carboxylic acid groups (broad SMARTS) is 1. The van der Waals surface area contributed by atoms with Crippen molar-refractivity contribution >= 4 is 11.7 Å². The van der Waals surface area contributed by atoms with Crippen molar-refractivity contribution < 1.29 is 9.90 Å². The molecule has 1 aromatic carbocycles. The number of hydrogen-bond acceptors (Lipinski definition) is 4. The summed E-state index contributed by atoms with van der Waals surface area (Å²) in [7, 11) is 0. The maximum atomic E-state index is 11.1. The Hall–Kier alpha value is -2.37. The third-order valence-corrected chi connectivity index (χ3v) is 2.79. The number of aromatic nitrogens is 3. The van der Waals surface area contributed by atoms with Crippen LogP contribution >= 0.6 is 0 Å². The van der Waals surface area contributed by atoms with E-state index in [2.05, 4.69) is 10.3 Å². The molecule has 94 valence electrons. The molecule has 18 heavy (non-hydrogen) atoms. The number of nitrogens with two attached hydrogens (primary N) is 1. The van der Waals surface area contributed by atoms with Gasteiger partial charge in [0.1, 0.15) is 5.69 Å². The first-order chi connectivity index (χ1) is 8.54. The van der Waals surface area contributed by atoms with E-state index in [9.17, 15) is 4.79 Å². The lowest BCUT2D eigenvalue weighted by atomic mass is 10.1. The highest BCUT2D eigenvalue weighted by molar-refractivity contribution is 5.93. The van der Waals surface area contributed by atoms with Crippen molar-refractivity contribution in [1.29, 1.82) is 0 Å². The lowest BCUT2D eigenvalue weighted by molar-refractivity contribution is 0.0691. The van der Waals surface area contributed by atoms with Crippen molar-refractivity contribution in [2.75, 3.05) is 5.73 Å². The fraction of sp³-hybridized carbons (Fsp3) is 0.250. The minimum Gasteiger partial charge on any atom is -0.476 e. The van der Waals surface area contributed by atoms with E-state index in [1.807, 2.05) is 26.0 Å². The first kappa shape index (κ1) is 12.1. The van der Waals surface area contributed by atoms with Gasteiger partial charge in [0.05, 0.1) is 0 Å². The van der Waals surface area contributed by atoms with Crippen LogP contribution in [0.15, 0.2) is 18.2 Å². The van der Waals surface area contributed by atoms with Crippen LogP contribution in [0.3, 0.4) is 0 Å². The van der Waals surface area contributed by atoms with Crippen molar-refractivity contribution in [2.45, 2.75) is 20.4 Å². The molecule has 2 rings (SSSR count). The molecule has 0 fully saturated rings. The lowest BCUT2D eigenvalue weighted by Crippen LogP contribution is -2.04. The average Bonchev–Trinajstić information content (AvgIpc) is 2.76. The fourth-order valence-electron chi connectivity index (χ4n) is 1.75. The molecule has 1 heterocycles. The maximum Gasteiger partial charge on any atom is 0.358 e. The number of nitrogens with zero attached hydrogens (tertiary/aromatic N) is 3. The third kappa shape index (κ3) is 1.92. The van der Waals surface area contributed by atoms with Crippen LogP contribution < -0.4 is 5.73 Å². The Bertz CT molecular complexity index is 604. The van der Waals surface area contributed by atoms with Crippen LogP contribution in [0.25, 0.3) is 11.3 Å². The molecular weight excluding hydrogens is 232 g/mol. The number of rotatable bonds is 3. The summed E-state index contributed by atoms with van der Waals surface area (Å²) in [6.45, 7) is 4.32. The van der Waals surface area contributed by atoms with Gasteiger partial charge in [-0.1, -0.05) is 17.3 Å². The van der Waals surface area contributed by atoms with Gasteiger partial charge in [0.2, 0.25) is 0 Å². The molecule has 0 aliphatic carbocycles. The molecule has 0 amide bonds. The number of nitrogen functional groups attached to an aromatic ring is 1. The van der Waals surface area contributed by atoms with E-state index in [1.54, 1.807) is 10.7 Å². The first-order valence-corrected chi connectivity index (χ1v) is 5.57. The number of aryl methyl sites for hydroxylation is 2. The minimum absolute atomic E-state index is 0.0555. The van der Waals surface area contributed by atoms with E-state index in [4.69, 9.17) is 10.8 Å². The summed E-state index contributed by atoms with van der Waals surface area (Å²) in [6.07, 6.45) is 0. The van der Waals surface area contributed by atoms with Gasteiger partial charge in [0.15, 0.2) is 5.69 Å². The Balaban J connectivity index is 2.64. The van der Waals surface area contributed by atoms with Crippen molar-refractivity contribution in [2.24, 2.45) is 0 Å². The topological polar surface area (TPSA) is 94.0 Å². The SMILES string of the molecule is CCn1nnc(C(=O)O)c1-c1ccc(C)c(N)c1. The van der Waals surface area contributed by atoms with E-state index in [1.165, 1.54) is 0 Å². The Labute approximate surface area is 104 Å². The Morgan fingerprint density at radius 3 is 2.78 bits per heavy atom. The Morgan fingerprint density at radius 2 is 2.22 bits per heavy atom. The summed E-state index contributed by atoms with van der Waals surface area (Å²) in [6, 6.07) is 5.42. The Kier molecular flexibility index (Phi) is 3.01. The van der Waals surface area contributed by atoms with Crippen LogP contribution in [0.5, 0.6) is 0 Å². The smallest absolute Gasteiger partial charge is 0.358 e. The summed E-state index contributed by atoms with van der Waals surface area (Å²) < 4.78 is 1.55. The molecule has 6 heteroatoms. The fourth-order valence-corrected chi connectivity index (χ4v) is 1.75. The standard InChI is InChI=1S/C12H14N4O2/c1-3-16-11(10(12(17)18)14-15-16)8-5-4-7(2)9(13)6-8/h4-6H,3,13H2,1-2H3,(H,17,18). The summed E-state index contributed by atoms with van der Waals surface area (Å²) in [5, 5.41) is 16.6. The van der Waals surface area contributed by atoms with E-state index in [-0.39, 0.29) is 5.69 Å². The number of hydrogen-bond donors (Lipinski definition) is 2. The highest BCUT2D eigenvalue weighted by Crippen LogP contribution is 2.25. The zero-order valence-corrected chi connectivity index (χ0v) is 10.2. The monoisotopic (exact) mass is 246 g/mol. The van der Waals surface area contributed by atoms with E-state index >= 15 is 0 Å². The van der Waals surface area contributed by atoms with Gasteiger partial charge in [-0.2, -0.15) is 0 Å². The van der Waals surface area contributed by atoms with Crippen LogP contribution in [-0.2, 0) is 6.54 Å². The largest absolute Gasteiger partial charge is 0.476 e. The molecule has 1 aromatic heterocycles. The number of anilines is 1. The molecule has 2 aromatic rings. The molecule has 0 unspecified atom stereocenters. The molecule has 0 bridgehead atoms. The number of aromatic carboxylic acids is 1. The molecule has 6 nitrogen and oxygen atoms in total.